The number of aryl methyl sites for hydroxylation is 1. The third-order valence-corrected chi connectivity index (χ3v) is 2.83. The molecule has 0 amide bonds. The molecule has 1 aromatic rings. The topological polar surface area (TPSA) is 0 Å². The largest absolute Gasteiger partial charge is 0.0876 e. The Balaban J connectivity index is 3.21. The fourth-order valence-electron chi connectivity index (χ4n) is 0.819. The Morgan fingerprint density at radius 2 is 1.91 bits per heavy atom. The molecule has 0 N–H and O–H groups in total. The molecule has 1 aromatic carbocycles. The SMILES string of the molecule is Cc1cc(CBr)c(Cl)cc1Cl. The molecule has 11 heavy (non-hydrogen) atoms. The molecule has 0 saturated carbocycles. The summed E-state index contributed by atoms with van der Waals surface area (Å²) in [6.07, 6.45) is 0. The molecule has 0 fully saturated rings. The van der Waals surface area contributed by atoms with E-state index in [0.29, 0.717) is 0 Å². The molecule has 0 radical (unpaired) electrons. The van der Waals surface area contributed by atoms with Crippen molar-refractivity contribution in [3.63, 3.8) is 0 Å². The molecule has 0 aromatic heterocycles. The molecule has 0 aliphatic rings. The maximum Gasteiger partial charge on any atom is 0.0461 e. The average molecular weight is 254 g/mol. The second-order valence-electron chi connectivity index (χ2n) is 2.33. The lowest BCUT2D eigenvalue weighted by Gasteiger charge is -2.03. The van der Waals surface area contributed by atoms with Gasteiger partial charge in [0.05, 0.1) is 0 Å². The summed E-state index contributed by atoms with van der Waals surface area (Å²) in [5, 5.41) is 2.21. The van der Waals surface area contributed by atoms with Crippen molar-refractivity contribution in [1.29, 1.82) is 0 Å². The lowest BCUT2D eigenvalue weighted by atomic mass is 10.2. The Bertz CT molecular complexity index is 271. The summed E-state index contributed by atoms with van der Waals surface area (Å²) in [4.78, 5) is 0. The fourth-order valence-corrected chi connectivity index (χ4v) is 1.89. The van der Waals surface area contributed by atoms with Gasteiger partial charge in [-0.05, 0) is 24.1 Å². The van der Waals surface area contributed by atoms with Crippen LogP contribution in [-0.2, 0) is 5.33 Å². The van der Waals surface area contributed by atoms with Gasteiger partial charge in [-0.1, -0.05) is 45.2 Å². The molecular formula is C8H7BrCl2. The fraction of sp³-hybridized carbons (Fsp3) is 0.250. The van der Waals surface area contributed by atoms with Crippen LogP contribution >= 0.6 is 39.1 Å². The molecule has 0 atom stereocenters. The van der Waals surface area contributed by atoms with Crippen molar-refractivity contribution in [2.45, 2.75) is 12.3 Å². The number of hydrogen-bond donors (Lipinski definition) is 0. The molecule has 0 unspecified atom stereocenters. The zero-order chi connectivity index (χ0) is 8.43. The molecule has 0 aliphatic carbocycles. The van der Waals surface area contributed by atoms with Gasteiger partial charge in [-0.25, -0.2) is 0 Å². The number of rotatable bonds is 1. The van der Waals surface area contributed by atoms with Gasteiger partial charge in [0, 0.05) is 15.4 Å². The van der Waals surface area contributed by atoms with E-state index in [1.54, 1.807) is 6.07 Å². The van der Waals surface area contributed by atoms with E-state index in [-0.39, 0.29) is 0 Å². The molecule has 0 bridgehead atoms. The standard InChI is InChI=1S/C8H7BrCl2/c1-5-2-6(4-9)8(11)3-7(5)10/h2-3H,4H2,1H3. The van der Waals surface area contributed by atoms with E-state index in [1.165, 1.54) is 0 Å². The number of hydrogen-bond acceptors (Lipinski definition) is 0. The van der Waals surface area contributed by atoms with Crippen LogP contribution in [0.4, 0.5) is 0 Å². The number of benzene rings is 1. The molecule has 3 heteroatoms. The van der Waals surface area contributed by atoms with E-state index in [0.717, 1.165) is 26.5 Å². The Labute approximate surface area is 84.6 Å². The van der Waals surface area contributed by atoms with Gasteiger partial charge in [-0.2, -0.15) is 0 Å². The third kappa shape index (κ3) is 2.11. The van der Waals surface area contributed by atoms with Crippen LogP contribution in [0.5, 0.6) is 0 Å². The molecule has 0 spiro atoms. The summed E-state index contributed by atoms with van der Waals surface area (Å²) in [5.74, 6) is 0. The Morgan fingerprint density at radius 1 is 1.27 bits per heavy atom. The van der Waals surface area contributed by atoms with Gasteiger partial charge in [0.25, 0.3) is 0 Å². The Hall–Kier alpha value is 0.280. The first kappa shape index (κ1) is 9.37. The van der Waals surface area contributed by atoms with Crippen molar-refractivity contribution < 1.29 is 0 Å². The molecule has 0 aliphatic heterocycles. The van der Waals surface area contributed by atoms with Gasteiger partial charge < -0.3 is 0 Å². The monoisotopic (exact) mass is 252 g/mol. The summed E-state index contributed by atoms with van der Waals surface area (Å²) in [5.41, 5.74) is 2.14. The van der Waals surface area contributed by atoms with Gasteiger partial charge in [-0.15, -0.1) is 0 Å². The molecule has 0 saturated heterocycles. The summed E-state index contributed by atoms with van der Waals surface area (Å²) < 4.78 is 0. The number of alkyl halides is 1. The first-order chi connectivity index (χ1) is 5.15. The summed E-state index contributed by atoms with van der Waals surface area (Å²) in [6, 6.07) is 3.76. The predicted octanol–water partition coefficient (Wildman–Crippen LogP) is 4.20. The van der Waals surface area contributed by atoms with E-state index < -0.39 is 0 Å². The molecular weight excluding hydrogens is 247 g/mol. The van der Waals surface area contributed by atoms with Gasteiger partial charge >= 0.3 is 0 Å². The van der Waals surface area contributed by atoms with Gasteiger partial charge in [0.1, 0.15) is 0 Å². The van der Waals surface area contributed by atoms with E-state index in [9.17, 15) is 0 Å². The predicted molar refractivity (Wildman–Crippen MR) is 53.8 cm³/mol. The Kier molecular flexibility index (Phi) is 3.23. The van der Waals surface area contributed by atoms with Crippen LogP contribution in [0.15, 0.2) is 12.1 Å². The average Bonchev–Trinajstić information content (AvgIpc) is 1.97. The van der Waals surface area contributed by atoms with Crippen molar-refractivity contribution in [3.8, 4) is 0 Å². The maximum absolute atomic E-state index is 5.89. The zero-order valence-corrected chi connectivity index (χ0v) is 9.09. The summed E-state index contributed by atoms with van der Waals surface area (Å²) in [6.45, 7) is 1.96. The highest BCUT2D eigenvalue weighted by atomic mass is 79.9. The van der Waals surface area contributed by atoms with Gasteiger partial charge in [0.15, 0.2) is 0 Å². The summed E-state index contributed by atoms with van der Waals surface area (Å²) in [7, 11) is 0. The van der Waals surface area contributed by atoms with Gasteiger partial charge in [-0.3, -0.25) is 0 Å². The smallest absolute Gasteiger partial charge is 0.0461 e. The lowest BCUT2D eigenvalue weighted by Crippen LogP contribution is -1.83. The van der Waals surface area contributed by atoms with E-state index in [4.69, 9.17) is 23.2 Å². The van der Waals surface area contributed by atoms with Crippen LogP contribution in [0.25, 0.3) is 0 Å². The highest BCUT2D eigenvalue weighted by Crippen LogP contribution is 2.26. The first-order valence-electron chi connectivity index (χ1n) is 3.15. The van der Waals surface area contributed by atoms with Crippen molar-refractivity contribution >= 4 is 39.1 Å². The normalized spacial score (nSPS) is 10.2. The van der Waals surface area contributed by atoms with Crippen molar-refractivity contribution in [3.05, 3.63) is 33.3 Å². The van der Waals surface area contributed by atoms with Crippen molar-refractivity contribution in [1.82, 2.24) is 0 Å². The van der Waals surface area contributed by atoms with Crippen molar-refractivity contribution in [2.24, 2.45) is 0 Å². The van der Waals surface area contributed by atoms with E-state index in [1.807, 2.05) is 13.0 Å². The zero-order valence-electron chi connectivity index (χ0n) is 6.00. The highest BCUT2D eigenvalue weighted by molar-refractivity contribution is 9.08. The van der Waals surface area contributed by atoms with Crippen LogP contribution < -0.4 is 0 Å². The number of halogens is 3. The molecule has 1 rings (SSSR count). The highest BCUT2D eigenvalue weighted by Gasteiger charge is 2.02. The molecule has 0 heterocycles. The minimum atomic E-state index is 0.720. The van der Waals surface area contributed by atoms with Gasteiger partial charge in [0.2, 0.25) is 0 Å². The molecule has 0 nitrogen and oxygen atoms in total. The molecule has 60 valence electrons. The second-order valence-corrected chi connectivity index (χ2v) is 3.70. The van der Waals surface area contributed by atoms with Crippen LogP contribution in [0, 0.1) is 6.92 Å². The van der Waals surface area contributed by atoms with E-state index >= 15 is 0 Å². The summed E-state index contributed by atoms with van der Waals surface area (Å²) >= 11 is 15.1. The van der Waals surface area contributed by atoms with Crippen molar-refractivity contribution in [2.75, 3.05) is 0 Å². The third-order valence-electron chi connectivity index (χ3n) is 1.47. The second kappa shape index (κ2) is 3.79. The minimum Gasteiger partial charge on any atom is -0.0876 e. The first-order valence-corrected chi connectivity index (χ1v) is 5.03. The lowest BCUT2D eigenvalue weighted by molar-refractivity contribution is 1.37. The van der Waals surface area contributed by atoms with E-state index in [2.05, 4.69) is 15.9 Å². The van der Waals surface area contributed by atoms with Crippen LogP contribution in [0.1, 0.15) is 11.1 Å². The van der Waals surface area contributed by atoms with Crippen LogP contribution in [-0.4, -0.2) is 0 Å². The maximum atomic E-state index is 5.89. The quantitative estimate of drug-likeness (QED) is 0.659. The minimum absolute atomic E-state index is 0.720. The van der Waals surface area contributed by atoms with Crippen LogP contribution in [0.2, 0.25) is 10.0 Å². The van der Waals surface area contributed by atoms with Crippen LogP contribution in [0.3, 0.4) is 0 Å². The Morgan fingerprint density at radius 3 is 2.45 bits per heavy atom.